The van der Waals surface area contributed by atoms with Gasteiger partial charge in [-0.25, -0.2) is 0 Å². The highest BCUT2D eigenvalue weighted by atomic mass is 32.2. The minimum Gasteiger partial charge on any atom is -0.366 e. The highest BCUT2D eigenvalue weighted by molar-refractivity contribution is 7.99. The molecule has 0 aliphatic carbocycles. The van der Waals surface area contributed by atoms with E-state index in [2.05, 4.69) is 16.3 Å². The number of rotatable bonds is 5. The van der Waals surface area contributed by atoms with Crippen LogP contribution in [-0.4, -0.2) is 23.8 Å². The van der Waals surface area contributed by atoms with Crippen LogP contribution in [-0.2, 0) is 0 Å². The molecule has 166 valence electrons. The minimum atomic E-state index is -0.340. The van der Waals surface area contributed by atoms with Crippen molar-refractivity contribution in [2.24, 2.45) is 0 Å². The number of fused-ring (bicyclic) bond motifs is 2. The molecule has 1 N–H and O–H groups in total. The Kier molecular flexibility index (Phi) is 5.88. The van der Waals surface area contributed by atoms with Crippen molar-refractivity contribution in [2.75, 3.05) is 23.3 Å². The van der Waals surface area contributed by atoms with Crippen molar-refractivity contribution in [2.45, 2.75) is 29.1 Å². The van der Waals surface area contributed by atoms with Gasteiger partial charge in [-0.3, -0.25) is 14.9 Å². The van der Waals surface area contributed by atoms with E-state index < -0.39 is 0 Å². The lowest BCUT2D eigenvalue weighted by molar-refractivity contribution is -0.384. The van der Waals surface area contributed by atoms with Crippen LogP contribution in [0.15, 0.2) is 76.5 Å². The molecule has 2 aliphatic heterocycles. The maximum absolute atomic E-state index is 12.8. The smallest absolute Gasteiger partial charge is 0.293 e. The molecule has 33 heavy (non-hydrogen) atoms. The van der Waals surface area contributed by atoms with Gasteiger partial charge in [-0.2, -0.15) is 0 Å². The summed E-state index contributed by atoms with van der Waals surface area (Å²) in [6.45, 7) is 1.67. The first kappa shape index (κ1) is 21.3. The van der Waals surface area contributed by atoms with Crippen LogP contribution < -0.4 is 10.2 Å². The number of anilines is 3. The topological polar surface area (TPSA) is 75.5 Å². The average molecular weight is 458 g/mol. The van der Waals surface area contributed by atoms with Crippen LogP contribution >= 0.6 is 11.8 Å². The van der Waals surface area contributed by atoms with Crippen molar-refractivity contribution >= 4 is 46.4 Å². The molecule has 2 aliphatic rings. The van der Waals surface area contributed by atoms with Gasteiger partial charge < -0.3 is 10.2 Å². The highest BCUT2D eigenvalue weighted by Gasteiger charge is 2.21. The van der Waals surface area contributed by atoms with Gasteiger partial charge in [-0.15, -0.1) is 0 Å². The number of nitrogens with zero attached hydrogens (tertiary/aromatic N) is 2. The molecule has 3 aromatic rings. The van der Waals surface area contributed by atoms with E-state index in [1.54, 1.807) is 30.0 Å². The summed E-state index contributed by atoms with van der Waals surface area (Å²) >= 11 is 1.67. The van der Waals surface area contributed by atoms with Crippen molar-refractivity contribution in [3.05, 3.63) is 88.0 Å². The largest absolute Gasteiger partial charge is 0.366 e. The molecule has 3 aromatic carbocycles. The molecule has 5 rings (SSSR count). The standard InChI is InChI=1S/C26H23N3O3S/c30-24(19-10-13-26-21(17-19)27-20-6-2-3-7-25(20)33-26)12-9-18-8-11-22(23(16-18)29(31)32)28-14-4-1-5-15-28/h2-3,6-13,16-17,27H,1,4-5,14-15H2/b12-9+. The third kappa shape index (κ3) is 4.50. The van der Waals surface area contributed by atoms with Gasteiger partial charge >= 0.3 is 0 Å². The molecule has 0 radical (unpaired) electrons. The van der Waals surface area contributed by atoms with Crippen molar-refractivity contribution < 1.29 is 9.72 Å². The van der Waals surface area contributed by atoms with Crippen LogP contribution in [0, 0.1) is 10.1 Å². The molecule has 0 spiro atoms. The summed E-state index contributed by atoms with van der Waals surface area (Å²) in [5.41, 5.74) is 3.87. The van der Waals surface area contributed by atoms with Gasteiger partial charge in [-0.05, 0) is 67.3 Å². The summed E-state index contributed by atoms with van der Waals surface area (Å²) < 4.78 is 0. The zero-order valence-electron chi connectivity index (χ0n) is 18.0. The molecule has 0 bridgehead atoms. The molecular formula is C26H23N3O3S. The molecule has 7 heteroatoms. The Labute approximate surface area is 196 Å². The highest BCUT2D eigenvalue weighted by Crippen LogP contribution is 2.44. The zero-order chi connectivity index (χ0) is 22.8. The fraction of sp³-hybridized carbons (Fsp3) is 0.192. The number of nitro benzene ring substituents is 1. The number of hydrogen-bond donors (Lipinski definition) is 1. The summed E-state index contributed by atoms with van der Waals surface area (Å²) in [5, 5.41) is 15.1. The Morgan fingerprint density at radius 3 is 2.58 bits per heavy atom. The second-order valence-electron chi connectivity index (χ2n) is 8.18. The summed E-state index contributed by atoms with van der Waals surface area (Å²) in [5.74, 6) is -0.147. The van der Waals surface area contributed by atoms with Crippen LogP contribution in [0.25, 0.3) is 6.08 Å². The van der Waals surface area contributed by atoms with Gasteiger partial charge in [0.15, 0.2) is 5.78 Å². The molecule has 1 saturated heterocycles. The van der Waals surface area contributed by atoms with Gasteiger partial charge in [0, 0.05) is 34.5 Å². The van der Waals surface area contributed by atoms with Crippen LogP contribution in [0.4, 0.5) is 22.7 Å². The van der Waals surface area contributed by atoms with E-state index >= 15 is 0 Å². The van der Waals surface area contributed by atoms with Gasteiger partial charge in [0.05, 0.1) is 16.3 Å². The SMILES string of the molecule is O=C(/C=C/c1ccc(N2CCCCC2)c([N+](=O)[O-])c1)c1ccc2c(c1)Nc1ccccc1S2. The molecule has 6 nitrogen and oxygen atoms in total. The van der Waals surface area contributed by atoms with Crippen LogP contribution in [0.1, 0.15) is 35.2 Å². The predicted molar refractivity (Wildman–Crippen MR) is 133 cm³/mol. The van der Waals surface area contributed by atoms with Crippen LogP contribution in [0.3, 0.4) is 0 Å². The van der Waals surface area contributed by atoms with E-state index in [1.165, 1.54) is 6.08 Å². The third-order valence-electron chi connectivity index (χ3n) is 5.96. The van der Waals surface area contributed by atoms with Crippen molar-refractivity contribution in [1.82, 2.24) is 0 Å². The van der Waals surface area contributed by atoms with E-state index in [0.717, 1.165) is 53.5 Å². The maximum atomic E-state index is 12.8. The van der Waals surface area contributed by atoms with Gasteiger partial charge in [0.1, 0.15) is 5.69 Å². The molecule has 1 fully saturated rings. The normalized spacial score (nSPS) is 15.0. The second-order valence-corrected chi connectivity index (χ2v) is 9.27. The first-order valence-electron chi connectivity index (χ1n) is 11.0. The minimum absolute atomic E-state index is 0.0835. The Morgan fingerprint density at radius 1 is 0.970 bits per heavy atom. The second kappa shape index (κ2) is 9.11. The number of carbonyl (C=O) groups is 1. The monoisotopic (exact) mass is 457 g/mol. The fourth-order valence-electron chi connectivity index (χ4n) is 4.25. The van der Waals surface area contributed by atoms with Crippen LogP contribution in [0.5, 0.6) is 0 Å². The molecule has 0 saturated carbocycles. The zero-order valence-corrected chi connectivity index (χ0v) is 18.8. The van der Waals surface area contributed by atoms with Gasteiger partial charge in [-0.1, -0.05) is 36.0 Å². The predicted octanol–water partition coefficient (Wildman–Crippen LogP) is 6.69. The van der Waals surface area contributed by atoms with Gasteiger partial charge in [0.2, 0.25) is 0 Å². The van der Waals surface area contributed by atoms with E-state index in [-0.39, 0.29) is 16.4 Å². The Bertz CT molecular complexity index is 1270. The Balaban J connectivity index is 1.35. The number of piperidine rings is 1. The molecule has 0 amide bonds. The van der Waals surface area contributed by atoms with Crippen molar-refractivity contribution in [3.63, 3.8) is 0 Å². The Morgan fingerprint density at radius 2 is 1.76 bits per heavy atom. The molecular weight excluding hydrogens is 434 g/mol. The fourth-order valence-corrected chi connectivity index (χ4v) is 5.22. The Hall–Kier alpha value is -3.58. The summed E-state index contributed by atoms with van der Waals surface area (Å²) in [4.78, 5) is 28.5. The van der Waals surface area contributed by atoms with Crippen molar-refractivity contribution in [3.8, 4) is 0 Å². The first-order valence-corrected chi connectivity index (χ1v) is 11.8. The number of para-hydroxylation sites is 1. The lowest BCUT2D eigenvalue weighted by Gasteiger charge is -2.28. The summed E-state index contributed by atoms with van der Waals surface area (Å²) in [7, 11) is 0. The molecule has 0 atom stereocenters. The summed E-state index contributed by atoms with van der Waals surface area (Å²) in [6, 6.07) is 18.9. The van der Waals surface area contributed by atoms with E-state index in [4.69, 9.17) is 0 Å². The maximum Gasteiger partial charge on any atom is 0.293 e. The average Bonchev–Trinajstić information content (AvgIpc) is 2.86. The lowest BCUT2D eigenvalue weighted by Crippen LogP contribution is -2.29. The number of ketones is 1. The quantitative estimate of drug-likeness (QED) is 0.156. The molecule has 2 heterocycles. The number of benzene rings is 3. The number of allylic oxidation sites excluding steroid dienone is 1. The van der Waals surface area contributed by atoms with Gasteiger partial charge in [0.25, 0.3) is 5.69 Å². The molecule has 0 aromatic heterocycles. The van der Waals surface area contributed by atoms with Crippen LogP contribution in [0.2, 0.25) is 0 Å². The van der Waals surface area contributed by atoms with Crippen molar-refractivity contribution in [1.29, 1.82) is 0 Å². The first-order chi connectivity index (χ1) is 16.1. The lowest BCUT2D eigenvalue weighted by atomic mass is 10.1. The number of hydrogen-bond acceptors (Lipinski definition) is 6. The van der Waals surface area contributed by atoms with E-state index in [9.17, 15) is 14.9 Å². The van der Waals surface area contributed by atoms with E-state index in [0.29, 0.717) is 16.8 Å². The summed E-state index contributed by atoms with van der Waals surface area (Å²) in [6.07, 6.45) is 6.38. The number of nitro groups is 1. The number of nitrogens with one attached hydrogen (secondary N) is 1. The van der Waals surface area contributed by atoms with E-state index in [1.807, 2.05) is 42.5 Å². The molecule has 0 unspecified atom stereocenters. The number of carbonyl (C=O) groups excluding carboxylic acids is 1. The third-order valence-corrected chi connectivity index (χ3v) is 7.11.